The Morgan fingerprint density at radius 3 is 2.52 bits per heavy atom. The molecule has 4 aromatic rings. The minimum Gasteiger partial charge on any atom is -0.282 e. The topological polar surface area (TPSA) is 80.2 Å². The number of halogens is 1. The van der Waals surface area contributed by atoms with Gasteiger partial charge in [-0.1, -0.05) is 46.7 Å². The molecule has 33 heavy (non-hydrogen) atoms. The molecular formula is C24H22ClN3O3S2. The van der Waals surface area contributed by atoms with Crippen LogP contribution in [0.4, 0.5) is 5.13 Å². The van der Waals surface area contributed by atoms with Gasteiger partial charge in [-0.05, 0) is 55.8 Å². The monoisotopic (exact) mass is 499 g/mol. The van der Waals surface area contributed by atoms with E-state index >= 15 is 0 Å². The van der Waals surface area contributed by atoms with Crippen LogP contribution in [0.2, 0.25) is 5.02 Å². The zero-order valence-electron chi connectivity index (χ0n) is 18.2. The SMILES string of the molecule is Cc1ccc(S(=O)(=O)CCC(=O)N(Cc2ccccn2)c2nc3c(C)c(Cl)ccc3s2)cc1. The fourth-order valence-corrected chi connectivity index (χ4v) is 5.76. The van der Waals surface area contributed by atoms with E-state index in [0.717, 1.165) is 21.3 Å². The van der Waals surface area contributed by atoms with Gasteiger partial charge in [-0.2, -0.15) is 0 Å². The smallest absolute Gasteiger partial charge is 0.230 e. The predicted molar refractivity (Wildman–Crippen MR) is 133 cm³/mol. The van der Waals surface area contributed by atoms with Crippen LogP contribution < -0.4 is 4.90 Å². The lowest BCUT2D eigenvalue weighted by Gasteiger charge is -2.19. The average Bonchev–Trinajstić information content (AvgIpc) is 3.24. The number of benzene rings is 2. The number of nitrogens with zero attached hydrogens (tertiary/aromatic N) is 3. The second-order valence-electron chi connectivity index (χ2n) is 7.70. The molecule has 2 aromatic carbocycles. The van der Waals surface area contributed by atoms with Crippen molar-refractivity contribution in [1.82, 2.24) is 9.97 Å². The number of hydrogen-bond donors (Lipinski definition) is 0. The van der Waals surface area contributed by atoms with Gasteiger partial charge in [0.2, 0.25) is 5.91 Å². The number of thiazole rings is 1. The van der Waals surface area contributed by atoms with Gasteiger partial charge in [-0.15, -0.1) is 0 Å². The summed E-state index contributed by atoms with van der Waals surface area (Å²) in [5, 5.41) is 1.09. The normalized spacial score (nSPS) is 11.6. The molecule has 0 N–H and O–H groups in total. The average molecular weight is 500 g/mol. The molecule has 170 valence electrons. The fraction of sp³-hybridized carbons (Fsp3) is 0.208. The summed E-state index contributed by atoms with van der Waals surface area (Å²) >= 11 is 7.61. The standard InChI is InChI=1S/C24H22ClN3O3S2/c1-16-6-8-19(9-7-16)33(30,31)14-12-22(29)28(15-18-5-3-4-13-26-18)24-27-23-17(2)20(25)10-11-21(23)32-24/h3-11,13H,12,14-15H2,1-2H3. The number of carbonyl (C=O) groups excluding carboxylic acids is 1. The summed E-state index contributed by atoms with van der Waals surface area (Å²) < 4.78 is 26.5. The van der Waals surface area contributed by atoms with Crippen molar-refractivity contribution in [3.05, 3.63) is 82.6 Å². The van der Waals surface area contributed by atoms with E-state index in [4.69, 9.17) is 11.6 Å². The first-order chi connectivity index (χ1) is 15.7. The van der Waals surface area contributed by atoms with E-state index in [2.05, 4.69) is 9.97 Å². The largest absolute Gasteiger partial charge is 0.282 e. The number of aryl methyl sites for hydroxylation is 2. The zero-order valence-corrected chi connectivity index (χ0v) is 20.5. The van der Waals surface area contributed by atoms with Gasteiger partial charge in [0.25, 0.3) is 0 Å². The van der Waals surface area contributed by atoms with Crippen LogP contribution in [0.15, 0.2) is 65.7 Å². The highest BCUT2D eigenvalue weighted by atomic mass is 35.5. The first kappa shape index (κ1) is 23.4. The molecule has 1 amide bonds. The molecule has 9 heteroatoms. The Bertz CT molecular complexity index is 1400. The third-order valence-corrected chi connectivity index (χ3v) is 8.46. The number of rotatable bonds is 7. The Balaban J connectivity index is 1.62. The molecule has 0 aliphatic carbocycles. The van der Waals surface area contributed by atoms with Crippen LogP contribution in [-0.2, 0) is 21.2 Å². The maximum absolute atomic E-state index is 13.3. The quantitative estimate of drug-likeness (QED) is 0.342. The van der Waals surface area contributed by atoms with E-state index in [-0.39, 0.29) is 29.5 Å². The summed E-state index contributed by atoms with van der Waals surface area (Å²) in [6.07, 6.45) is 1.49. The minimum atomic E-state index is -3.60. The molecule has 0 fully saturated rings. The van der Waals surface area contributed by atoms with E-state index in [1.165, 1.54) is 16.2 Å². The van der Waals surface area contributed by atoms with Gasteiger partial charge in [0.05, 0.1) is 33.1 Å². The third-order valence-electron chi connectivity index (χ3n) is 5.28. The number of sulfone groups is 1. The number of amides is 1. The molecular weight excluding hydrogens is 478 g/mol. The number of hydrogen-bond acceptors (Lipinski definition) is 6. The molecule has 0 saturated heterocycles. The maximum Gasteiger partial charge on any atom is 0.230 e. The van der Waals surface area contributed by atoms with E-state index in [9.17, 15) is 13.2 Å². The van der Waals surface area contributed by atoms with Crippen LogP contribution in [0.3, 0.4) is 0 Å². The lowest BCUT2D eigenvalue weighted by Crippen LogP contribution is -2.32. The molecule has 0 spiro atoms. The second-order valence-corrected chi connectivity index (χ2v) is 11.2. The Hall–Kier alpha value is -2.81. The molecule has 2 aromatic heterocycles. The van der Waals surface area contributed by atoms with Gasteiger partial charge in [-0.25, -0.2) is 13.4 Å². The summed E-state index contributed by atoms with van der Waals surface area (Å²) in [6.45, 7) is 3.96. The van der Waals surface area contributed by atoms with Gasteiger partial charge in [0.15, 0.2) is 15.0 Å². The van der Waals surface area contributed by atoms with Gasteiger partial charge >= 0.3 is 0 Å². The summed E-state index contributed by atoms with van der Waals surface area (Å²) in [5.41, 5.74) is 3.22. The molecule has 0 atom stereocenters. The van der Waals surface area contributed by atoms with Crippen LogP contribution >= 0.6 is 22.9 Å². The number of aromatic nitrogens is 2. The fourth-order valence-electron chi connectivity index (χ4n) is 3.34. The summed E-state index contributed by atoms with van der Waals surface area (Å²) in [6, 6.07) is 15.8. The molecule has 0 radical (unpaired) electrons. The van der Waals surface area contributed by atoms with E-state index in [1.54, 1.807) is 42.6 Å². The lowest BCUT2D eigenvalue weighted by atomic mass is 10.2. The Kier molecular flexibility index (Phi) is 6.78. The molecule has 0 unspecified atom stereocenters. The van der Waals surface area contributed by atoms with Gasteiger partial charge in [0, 0.05) is 17.6 Å². The van der Waals surface area contributed by atoms with Crippen molar-refractivity contribution < 1.29 is 13.2 Å². The van der Waals surface area contributed by atoms with Crippen molar-refractivity contribution in [3.63, 3.8) is 0 Å². The van der Waals surface area contributed by atoms with Gasteiger partial charge in [0.1, 0.15) is 0 Å². The van der Waals surface area contributed by atoms with Crippen molar-refractivity contribution in [2.75, 3.05) is 10.7 Å². The van der Waals surface area contributed by atoms with Crippen LogP contribution in [-0.4, -0.2) is 30.0 Å². The number of fused-ring (bicyclic) bond motifs is 1. The van der Waals surface area contributed by atoms with E-state index < -0.39 is 9.84 Å². The van der Waals surface area contributed by atoms with Crippen LogP contribution in [0, 0.1) is 13.8 Å². The highest BCUT2D eigenvalue weighted by Gasteiger charge is 2.24. The molecule has 0 saturated carbocycles. The van der Waals surface area contributed by atoms with Gasteiger partial charge in [-0.3, -0.25) is 14.7 Å². The molecule has 2 heterocycles. The van der Waals surface area contributed by atoms with Crippen molar-refractivity contribution in [1.29, 1.82) is 0 Å². The number of carbonyl (C=O) groups is 1. The Morgan fingerprint density at radius 1 is 1.06 bits per heavy atom. The minimum absolute atomic E-state index is 0.168. The first-order valence-corrected chi connectivity index (χ1v) is 13.1. The summed E-state index contributed by atoms with van der Waals surface area (Å²) in [7, 11) is -3.60. The predicted octanol–water partition coefficient (Wildman–Crippen LogP) is 5.36. The highest BCUT2D eigenvalue weighted by Crippen LogP contribution is 2.34. The van der Waals surface area contributed by atoms with Crippen LogP contribution in [0.1, 0.15) is 23.2 Å². The zero-order chi connectivity index (χ0) is 23.6. The lowest BCUT2D eigenvalue weighted by molar-refractivity contribution is -0.118. The Morgan fingerprint density at radius 2 is 1.82 bits per heavy atom. The van der Waals surface area contributed by atoms with Crippen molar-refractivity contribution >= 4 is 54.0 Å². The molecule has 0 aliphatic rings. The third kappa shape index (κ3) is 5.24. The van der Waals surface area contributed by atoms with E-state index in [1.807, 2.05) is 32.0 Å². The number of anilines is 1. The van der Waals surface area contributed by atoms with Crippen molar-refractivity contribution in [2.45, 2.75) is 31.7 Å². The summed E-state index contributed by atoms with van der Waals surface area (Å²) in [4.78, 5) is 24.0. The second kappa shape index (κ2) is 9.59. The number of pyridine rings is 1. The molecule has 0 bridgehead atoms. The summed E-state index contributed by atoms with van der Waals surface area (Å²) in [5.74, 6) is -0.622. The Labute approximate surface area is 201 Å². The highest BCUT2D eigenvalue weighted by molar-refractivity contribution is 7.91. The van der Waals surface area contributed by atoms with Crippen molar-refractivity contribution in [2.24, 2.45) is 0 Å². The first-order valence-electron chi connectivity index (χ1n) is 10.3. The maximum atomic E-state index is 13.3. The van der Waals surface area contributed by atoms with E-state index in [0.29, 0.717) is 15.8 Å². The van der Waals surface area contributed by atoms with Gasteiger partial charge < -0.3 is 0 Å². The van der Waals surface area contributed by atoms with Crippen molar-refractivity contribution in [3.8, 4) is 0 Å². The van der Waals surface area contributed by atoms with Crippen LogP contribution in [0.25, 0.3) is 10.2 Å². The molecule has 6 nitrogen and oxygen atoms in total. The van der Waals surface area contributed by atoms with Crippen LogP contribution in [0.5, 0.6) is 0 Å². The molecule has 0 aliphatic heterocycles. The molecule has 4 rings (SSSR count).